The van der Waals surface area contributed by atoms with E-state index < -0.39 is 48.4 Å². The number of esters is 1. The first-order chi connectivity index (χ1) is 21.0. The second-order valence-electron chi connectivity index (χ2n) is 12.1. The molecule has 9 atom stereocenters. The van der Waals surface area contributed by atoms with E-state index in [1.807, 2.05) is 0 Å². The van der Waals surface area contributed by atoms with Crippen LogP contribution in [-0.2, 0) is 25.5 Å². The molecule has 2 saturated heterocycles. The Morgan fingerprint density at radius 3 is 2.66 bits per heavy atom. The summed E-state index contributed by atoms with van der Waals surface area (Å²) in [5, 5.41) is 66.3. The summed E-state index contributed by atoms with van der Waals surface area (Å²) in [5.41, 5.74) is 0.200. The van der Waals surface area contributed by atoms with Gasteiger partial charge >= 0.3 is 5.97 Å². The van der Waals surface area contributed by atoms with Crippen LogP contribution in [0.25, 0.3) is 11.0 Å². The van der Waals surface area contributed by atoms with Gasteiger partial charge in [0, 0.05) is 41.5 Å². The summed E-state index contributed by atoms with van der Waals surface area (Å²) in [6.45, 7) is 1.96. The van der Waals surface area contributed by atoms with Gasteiger partial charge in [0.15, 0.2) is 23.2 Å². The number of hydrogen-bond donors (Lipinski definition) is 7. The zero-order valence-corrected chi connectivity index (χ0v) is 24.5. The Balaban J connectivity index is 1.54. The fraction of sp³-hybridized carbons (Fsp3) is 0.667. The predicted octanol–water partition coefficient (Wildman–Crippen LogP) is -0.476. The Morgan fingerprint density at radius 2 is 1.98 bits per heavy atom. The van der Waals surface area contributed by atoms with Crippen molar-refractivity contribution in [1.82, 2.24) is 5.32 Å². The number of rotatable bonds is 9. The molecule has 0 bridgehead atoms. The molecule has 0 saturated carbocycles. The minimum Gasteiger partial charge on any atom is -0.490 e. The summed E-state index contributed by atoms with van der Waals surface area (Å²) in [6.07, 6.45) is -7.32. The van der Waals surface area contributed by atoms with Crippen molar-refractivity contribution < 1.29 is 63.6 Å². The number of carbonyl (C=O) groups is 2. The molecule has 6 rings (SSSR count). The number of methoxy groups -OCH3 is 1. The van der Waals surface area contributed by atoms with Gasteiger partial charge in [-0.1, -0.05) is 0 Å². The maximum atomic E-state index is 13.2. The normalized spacial score (nSPS) is 34.4. The van der Waals surface area contributed by atoms with Gasteiger partial charge in [0.2, 0.25) is 17.9 Å². The van der Waals surface area contributed by atoms with E-state index >= 15 is 0 Å². The SMILES string of the molecule is CCOC(=O)[C@@H]1Cc2c(O[C@@H]3O[C@H](C(O)O)[C@@H](O)[C@H](O)[C@]3(O)CCCO)c(OC)c3occ4c3c2[C@@H](C1)C[C@H]1C(=O)NC[C@H]41. The molecule has 0 radical (unpaired) electrons. The summed E-state index contributed by atoms with van der Waals surface area (Å²) >= 11 is 0. The predicted molar refractivity (Wildman–Crippen MR) is 149 cm³/mol. The lowest BCUT2D eigenvalue weighted by Crippen LogP contribution is -2.69. The Morgan fingerprint density at radius 1 is 1.20 bits per heavy atom. The molecule has 14 heteroatoms. The van der Waals surface area contributed by atoms with Gasteiger partial charge in [-0.3, -0.25) is 9.59 Å². The number of nitrogens with one attached hydrogen (secondary N) is 1. The highest BCUT2D eigenvalue weighted by molar-refractivity contribution is 5.97. The van der Waals surface area contributed by atoms with E-state index in [1.165, 1.54) is 7.11 Å². The van der Waals surface area contributed by atoms with Crippen LogP contribution in [0.4, 0.5) is 0 Å². The third-order valence-corrected chi connectivity index (χ3v) is 9.72. The largest absolute Gasteiger partial charge is 0.490 e. The summed E-state index contributed by atoms with van der Waals surface area (Å²) < 4.78 is 29.4. The van der Waals surface area contributed by atoms with Crippen molar-refractivity contribution in [2.75, 3.05) is 26.9 Å². The Kier molecular flexibility index (Phi) is 8.28. The van der Waals surface area contributed by atoms with E-state index in [9.17, 15) is 40.2 Å². The molecule has 2 fully saturated rings. The molecule has 2 aliphatic carbocycles. The Bertz CT molecular complexity index is 1420. The van der Waals surface area contributed by atoms with Gasteiger partial charge in [-0.2, -0.15) is 0 Å². The zero-order valence-electron chi connectivity index (χ0n) is 24.5. The molecule has 7 N–H and O–H groups in total. The minimum absolute atomic E-state index is 0.0104. The molecular formula is C30H39NO13. The van der Waals surface area contributed by atoms with Gasteiger partial charge in [-0.25, -0.2) is 0 Å². The molecule has 3 heterocycles. The number of amides is 1. The van der Waals surface area contributed by atoms with Crippen LogP contribution in [-0.4, -0.2) is 106 Å². The molecule has 0 unspecified atom stereocenters. The molecule has 1 amide bonds. The van der Waals surface area contributed by atoms with Crippen LogP contribution in [0.2, 0.25) is 0 Å². The standard InChI is InChI=1S/C30H39NO13/c1-3-41-28(38)13-7-12-8-14-16(10-31-26(14)35)17-11-42-22-19(17)18(12)15(9-13)21(24(22)40-2)43-29-30(39,5-4-6-32)25(34)20(33)23(44-29)27(36)37/h11-14,16,20,23,25,27,29,32-34,36-37,39H,3-10H2,1-2H3,(H,31,35)/t12-,13-,14+,16-,20+,23-,25-,29+,30+/m0/s1. The zero-order chi connectivity index (χ0) is 31.5. The average molecular weight is 622 g/mol. The highest BCUT2D eigenvalue weighted by atomic mass is 16.7. The first-order valence-corrected chi connectivity index (χ1v) is 15.0. The molecule has 0 spiro atoms. The van der Waals surface area contributed by atoms with E-state index in [0.717, 1.165) is 16.5 Å². The van der Waals surface area contributed by atoms with Gasteiger partial charge in [0.25, 0.3) is 0 Å². The van der Waals surface area contributed by atoms with Crippen molar-refractivity contribution in [3.05, 3.63) is 23.0 Å². The molecular weight excluding hydrogens is 582 g/mol. The molecule has 242 valence electrons. The Hall–Kier alpha value is -2.98. The number of furan rings is 1. The van der Waals surface area contributed by atoms with Gasteiger partial charge < -0.3 is 59.3 Å². The van der Waals surface area contributed by atoms with E-state index in [-0.39, 0.29) is 67.6 Å². The van der Waals surface area contributed by atoms with Gasteiger partial charge in [-0.05, 0) is 50.5 Å². The maximum absolute atomic E-state index is 13.2. The highest BCUT2D eigenvalue weighted by Crippen LogP contribution is 2.57. The number of benzene rings is 1. The lowest BCUT2D eigenvalue weighted by molar-refractivity contribution is -0.345. The topological polar surface area (TPSA) is 218 Å². The van der Waals surface area contributed by atoms with Crippen molar-refractivity contribution in [2.24, 2.45) is 11.8 Å². The monoisotopic (exact) mass is 621 g/mol. The third kappa shape index (κ3) is 4.75. The van der Waals surface area contributed by atoms with Crippen LogP contribution in [0, 0.1) is 11.8 Å². The van der Waals surface area contributed by atoms with Gasteiger partial charge in [0.1, 0.15) is 18.3 Å². The lowest BCUT2D eigenvalue weighted by atomic mass is 9.72. The molecule has 1 aromatic heterocycles. The highest BCUT2D eigenvalue weighted by Gasteiger charge is 2.58. The van der Waals surface area contributed by atoms with E-state index in [2.05, 4.69) is 5.32 Å². The fourth-order valence-electron chi connectivity index (χ4n) is 7.65. The summed E-state index contributed by atoms with van der Waals surface area (Å²) in [4.78, 5) is 26.1. The van der Waals surface area contributed by atoms with Crippen LogP contribution in [0.15, 0.2) is 10.7 Å². The van der Waals surface area contributed by atoms with Crippen molar-refractivity contribution in [2.45, 2.75) is 87.4 Å². The van der Waals surface area contributed by atoms with Gasteiger partial charge in [-0.15, -0.1) is 0 Å². The third-order valence-electron chi connectivity index (χ3n) is 9.72. The van der Waals surface area contributed by atoms with Crippen LogP contribution >= 0.6 is 0 Å². The summed E-state index contributed by atoms with van der Waals surface area (Å²) in [7, 11) is 1.39. The Labute approximate surface area is 252 Å². The lowest BCUT2D eigenvalue weighted by Gasteiger charge is -2.48. The van der Waals surface area contributed by atoms with Crippen LogP contribution in [0.3, 0.4) is 0 Å². The summed E-state index contributed by atoms with van der Waals surface area (Å²) in [5.74, 6) is -1.75. The number of carbonyl (C=O) groups excluding carboxylic acids is 2. The second-order valence-corrected chi connectivity index (χ2v) is 12.1. The van der Waals surface area contributed by atoms with Crippen LogP contribution in [0.5, 0.6) is 11.5 Å². The first-order valence-electron chi connectivity index (χ1n) is 15.0. The van der Waals surface area contributed by atoms with E-state index in [0.29, 0.717) is 30.5 Å². The molecule has 1 aromatic carbocycles. The fourth-order valence-corrected chi connectivity index (χ4v) is 7.65. The van der Waals surface area contributed by atoms with Crippen molar-refractivity contribution in [3.63, 3.8) is 0 Å². The van der Waals surface area contributed by atoms with Crippen LogP contribution in [0.1, 0.15) is 61.1 Å². The van der Waals surface area contributed by atoms with Crippen molar-refractivity contribution in [3.8, 4) is 11.5 Å². The quantitative estimate of drug-likeness (QED) is 0.139. The second kappa shape index (κ2) is 11.7. The number of aliphatic hydroxyl groups excluding tert-OH is 4. The number of aliphatic hydroxyl groups is 6. The van der Waals surface area contributed by atoms with E-state index in [1.54, 1.807) is 13.2 Å². The average Bonchev–Trinajstić information content (AvgIpc) is 3.55. The maximum Gasteiger partial charge on any atom is 0.309 e. The smallest absolute Gasteiger partial charge is 0.309 e. The number of hydrogen-bond acceptors (Lipinski definition) is 13. The van der Waals surface area contributed by atoms with Gasteiger partial charge in [0.05, 0.1) is 25.9 Å². The molecule has 14 nitrogen and oxygen atoms in total. The van der Waals surface area contributed by atoms with E-state index in [4.69, 9.17) is 23.4 Å². The first kappa shape index (κ1) is 31.0. The molecule has 4 aliphatic rings. The minimum atomic E-state index is -2.31. The van der Waals surface area contributed by atoms with Crippen molar-refractivity contribution >= 4 is 22.8 Å². The molecule has 44 heavy (non-hydrogen) atoms. The number of ether oxygens (including phenoxy) is 4. The molecule has 2 aliphatic heterocycles. The number of fused-ring (bicyclic) bond motifs is 2. The van der Waals surface area contributed by atoms with Crippen LogP contribution < -0.4 is 14.8 Å². The van der Waals surface area contributed by atoms with Crippen molar-refractivity contribution in [1.29, 1.82) is 0 Å². The molecule has 2 aromatic rings. The summed E-state index contributed by atoms with van der Waals surface area (Å²) in [6, 6.07) is 0.